The van der Waals surface area contributed by atoms with Crippen molar-refractivity contribution < 1.29 is 5.11 Å². The molecule has 0 heterocycles. The minimum Gasteiger partial charge on any atom is -0.393 e. The van der Waals surface area contributed by atoms with Crippen molar-refractivity contribution in [1.29, 1.82) is 0 Å². The number of fused-ring (bicyclic) bond motifs is 5. The average molecular weight is 303 g/mol. The van der Waals surface area contributed by atoms with Gasteiger partial charge in [-0.25, -0.2) is 0 Å². The zero-order valence-corrected chi connectivity index (χ0v) is 13.9. The van der Waals surface area contributed by atoms with Crippen LogP contribution in [0, 0.1) is 33.5 Å². The molecule has 0 amide bonds. The number of nitroso groups, excluding NO2 is 1. The Hall–Kier alpha value is -0.700. The molecule has 122 valence electrons. The Morgan fingerprint density at radius 2 is 1.95 bits per heavy atom. The lowest BCUT2D eigenvalue weighted by Gasteiger charge is -2.57. The second kappa shape index (κ2) is 4.90. The molecule has 4 aliphatic rings. The Kier molecular flexibility index (Phi) is 3.31. The van der Waals surface area contributed by atoms with Crippen LogP contribution in [0.25, 0.3) is 0 Å². The van der Waals surface area contributed by atoms with Crippen molar-refractivity contribution in [3.05, 3.63) is 16.6 Å². The molecule has 0 aromatic carbocycles. The van der Waals surface area contributed by atoms with Crippen LogP contribution in [0.2, 0.25) is 0 Å². The van der Waals surface area contributed by atoms with E-state index < -0.39 is 0 Å². The van der Waals surface area contributed by atoms with Gasteiger partial charge in [0.25, 0.3) is 0 Å². The number of aliphatic hydroxyl groups excluding tert-OH is 1. The summed E-state index contributed by atoms with van der Waals surface area (Å²) in [5, 5.41) is 13.5. The van der Waals surface area contributed by atoms with Gasteiger partial charge in [0.1, 0.15) is 0 Å². The molecule has 3 heteroatoms. The third-order valence-electron chi connectivity index (χ3n) is 8.16. The smallest absolute Gasteiger partial charge is 0.0975 e. The van der Waals surface area contributed by atoms with Gasteiger partial charge in [-0.3, -0.25) is 0 Å². The van der Waals surface area contributed by atoms with Gasteiger partial charge in [-0.2, -0.15) is 4.91 Å². The lowest BCUT2D eigenvalue weighted by molar-refractivity contribution is -0.0400. The van der Waals surface area contributed by atoms with E-state index in [1.165, 1.54) is 24.8 Å². The zero-order chi connectivity index (χ0) is 15.5. The predicted molar refractivity (Wildman–Crippen MR) is 87.3 cm³/mol. The molecule has 0 aliphatic heterocycles. The summed E-state index contributed by atoms with van der Waals surface area (Å²) in [6, 6.07) is 0.0461. The molecular weight excluding hydrogens is 274 g/mol. The van der Waals surface area contributed by atoms with Crippen molar-refractivity contribution in [3.63, 3.8) is 0 Å². The lowest BCUT2D eigenvalue weighted by Crippen LogP contribution is -2.50. The van der Waals surface area contributed by atoms with Crippen molar-refractivity contribution in [1.82, 2.24) is 0 Å². The summed E-state index contributed by atoms with van der Waals surface area (Å²) in [5.74, 6) is 2.16. The molecule has 1 N–H and O–H groups in total. The second-order valence-corrected chi connectivity index (χ2v) is 8.90. The molecule has 0 aromatic heterocycles. The molecule has 2 unspecified atom stereocenters. The molecule has 3 saturated carbocycles. The van der Waals surface area contributed by atoms with Crippen LogP contribution < -0.4 is 0 Å². The first-order valence-corrected chi connectivity index (χ1v) is 9.19. The van der Waals surface area contributed by atoms with Crippen molar-refractivity contribution in [2.75, 3.05) is 0 Å². The van der Waals surface area contributed by atoms with Crippen molar-refractivity contribution in [3.8, 4) is 0 Å². The Morgan fingerprint density at radius 1 is 1.14 bits per heavy atom. The molecule has 0 saturated heterocycles. The Morgan fingerprint density at radius 3 is 2.73 bits per heavy atom. The van der Waals surface area contributed by atoms with E-state index in [-0.39, 0.29) is 17.6 Å². The van der Waals surface area contributed by atoms with Crippen LogP contribution >= 0.6 is 0 Å². The highest BCUT2D eigenvalue weighted by molar-refractivity contribution is 5.25. The SMILES string of the molecule is C[C@]12CCC(O)CC1=CC[C@@H]1[C@@H]2CC[C@]2(C)C(N=O)CC[C@@H]12. The number of nitrogens with zero attached hydrogens (tertiary/aromatic N) is 1. The van der Waals surface area contributed by atoms with Crippen LogP contribution in [0.3, 0.4) is 0 Å². The molecule has 0 aromatic rings. The van der Waals surface area contributed by atoms with E-state index in [2.05, 4.69) is 25.1 Å². The first kappa shape index (κ1) is 14.9. The van der Waals surface area contributed by atoms with Crippen molar-refractivity contribution >= 4 is 0 Å². The summed E-state index contributed by atoms with van der Waals surface area (Å²) in [4.78, 5) is 11.3. The van der Waals surface area contributed by atoms with Crippen molar-refractivity contribution in [2.45, 2.75) is 77.4 Å². The van der Waals surface area contributed by atoms with E-state index in [0.717, 1.165) is 43.9 Å². The van der Waals surface area contributed by atoms with Gasteiger partial charge in [-0.05, 0) is 80.0 Å². The van der Waals surface area contributed by atoms with Gasteiger partial charge in [0.05, 0.1) is 12.1 Å². The number of allylic oxidation sites excluding steroid dienone is 1. The van der Waals surface area contributed by atoms with Gasteiger partial charge in [-0.1, -0.05) is 30.7 Å². The standard InChI is InChI=1S/C19H29NO2/c1-18-9-7-13(21)11-12(18)3-4-14-15-5-6-17(20-22)19(15,2)10-8-16(14)18/h3,13-17,21H,4-11H2,1-2H3/t13?,14-,15-,16-,17?,18-,19-/m0/s1. The van der Waals surface area contributed by atoms with Crippen LogP contribution in [0.5, 0.6) is 0 Å². The first-order chi connectivity index (χ1) is 10.5. The highest BCUT2D eigenvalue weighted by Crippen LogP contribution is 2.65. The molecule has 0 spiro atoms. The van der Waals surface area contributed by atoms with E-state index >= 15 is 0 Å². The largest absolute Gasteiger partial charge is 0.393 e. The highest BCUT2D eigenvalue weighted by Gasteiger charge is 2.59. The van der Waals surface area contributed by atoms with Gasteiger partial charge >= 0.3 is 0 Å². The predicted octanol–water partition coefficient (Wildman–Crippen LogP) is 4.45. The van der Waals surface area contributed by atoms with Crippen LogP contribution in [0.15, 0.2) is 16.8 Å². The fourth-order valence-corrected chi connectivity index (χ4v) is 6.79. The van der Waals surface area contributed by atoms with Gasteiger partial charge in [0, 0.05) is 0 Å². The zero-order valence-electron chi connectivity index (χ0n) is 13.9. The average Bonchev–Trinajstić information content (AvgIpc) is 2.84. The highest BCUT2D eigenvalue weighted by atomic mass is 16.3. The van der Waals surface area contributed by atoms with Gasteiger partial charge in [-0.15, -0.1) is 0 Å². The first-order valence-electron chi connectivity index (χ1n) is 9.19. The summed E-state index contributed by atoms with van der Waals surface area (Å²) < 4.78 is 0. The number of hydrogen-bond acceptors (Lipinski definition) is 3. The normalized spacial score (nSPS) is 54.0. The van der Waals surface area contributed by atoms with Gasteiger partial charge < -0.3 is 5.11 Å². The monoisotopic (exact) mass is 303 g/mol. The molecule has 3 fully saturated rings. The Balaban J connectivity index is 1.67. The quantitative estimate of drug-likeness (QED) is 0.575. The molecule has 4 aliphatic carbocycles. The minimum absolute atomic E-state index is 0.0461. The van der Waals surface area contributed by atoms with Crippen LogP contribution in [-0.4, -0.2) is 17.3 Å². The Bertz CT molecular complexity index is 516. The van der Waals surface area contributed by atoms with Crippen LogP contribution in [0.1, 0.15) is 65.2 Å². The summed E-state index contributed by atoms with van der Waals surface area (Å²) in [6.07, 6.45) is 11.1. The topological polar surface area (TPSA) is 49.7 Å². The van der Waals surface area contributed by atoms with Gasteiger partial charge in [0.15, 0.2) is 0 Å². The van der Waals surface area contributed by atoms with E-state index in [9.17, 15) is 10.0 Å². The number of aliphatic hydroxyl groups is 1. The maximum atomic E-state index is 11.3. The minimum atomic E-state index is -0.125. The number of hydrogen-bond donors (Lipinski definition) is 1. The van der Waals surface area contributed by atoms with Crippen LogP contribution in [-0.2, 0) is 0 Å². The molecular formula is C19H29NO2. The van der Waals surface area contributed by atoms with E-state index in [1.807, 2.05) is 0 Å². The van der Waals surface area contributed by atoms with Crippen molar-refractivity contribution in [2.24, 2.45) is 33.8 Å². The Labute approximate surface area is 133 Å². The molecule has 3 nitrogen and oxygen atoms in total. The lowest BCUT2D eigenvalue weighted by atomic mass is 9.48. The maximum Gasteiger partial charge on any atom is 0.0975 e. The summed E-state index contributed by atoms with van der Waals surface area (Å²) in [7, 11) is 0. The molecule has 0 radical (unpaired) electrons. The van der Waals surface area contributed by atoms with Crippen LogP contribution in [0.4, 0.5) is 0 Å². The maximum absolute atomic E-state index is 11.3. The van der Waals surface area contributed by atoms with E-state index in [1.54, 1.807) is 0 Å². The fraction of sp³-hybridized carbons (Fsp3) is 0.895. The molecule has 4 rings (SSSR count). The fourth-order valence-electron chi connectivity index (χ4n) is 6.79. The third-order valence-corrected chi connectivity index (χ3v) is 8.16. The van der Waals surface area contributed by atoms with E-state index in [0.29, 0.717) is 11.3 Å². The summed E-state index contributed by atoms with van der Waals surface area (Å²) in [5.41, 5.74) is 1.98. The summed E-state index contributed by atoms with van der Waals surface area (Å²) >= 11 is 0. The third kappa shape index (κ3) is 1.84. The molecule has 0 bridgehead atoms. The summed E-state index contributed by atoms with van der Waals surface area (Å²) in [6.45, 7) is 4.79. The number of rotatable bonds is 1. The van der Waals surface area contributed by atoms with E-state index in [4.69, 9.17) is 0 Å². The van der Waals surface area contributed by atoms with Gasteiger partial charge in [0.2, 0.25) is 0 Å². The second-order valence-electron chi connectivity index (χ2n) is 8.90. The molecule has 22 heavy (non-hydrogen) atoms. The molecule has 7 atom stereocenters.